The molecule has 1 heterocycles. The molecule has 0 amide bonds. The van der Waals surface area contributed by atoms with Crippen molar-refractivity contribution in [1.82, 2.24) is 4.98 Å². The third kappa shape index (κ3) is 4.89. The summed E-state index contributed by atoms with van der Waals surface area (Å²) < 4.78 is 17.0. The highest BCUT2D eigenvalue weighted by molar-refractivity contribution is 6.31. The van der Waals surface area contributed by atoms with Gasteiger partial charge in [0.25, 0.3) is 0 Å². The van der Waals surface area contributed by atoms with Gasteiger partial charge in [-0.15, -0.1) is 0 Å². The maximum atomic E-state index is 13.5. The van der Waals surface area contributed by atoms with Crippen molar-refractivity contribution >= 4 is 28.5 Å². The molecule has 0 bridgehead atoms. The number of Topliss-reactive ketones (excluding diaryl/α,β-unsaturated/α-hetero) is 1. The Morgan fingerprint density at radius 2 is 1.81 bits per heavy atom. The van der Waals surface area contributed by atoms with Crippen molar-refractivity contribution in [2.24, 2.45) is 0 Å². The maximum absolute atomic E-state index is 13.5. The lowest BCUT2D eigenvalue weighted by Crippen LogP contribution is -2.04. The molecule has 0 spiro atoms. The zero-order chi connectivity index (χ0) is 22.3. The molecule has 0 fully saturated rings. The molecular formula is C27H25NO4. The summed E-state index contributed by atoms with van der Waals surface area (Å²) in [6.07, 6.45) is 3.84. The number of para-hydroxylation sites is 2. The zero-order valence-electron chi connectivity index (χ0n) is 18.2. The first kappa shape index (κ1) is 21.4. The zero-order valence-corrected chi connectivity index (χ0v) is 18.2. The van der Waals surface area contributed by atoms with Gasteiger partial charge >= 0.3 is 0 Å². The van der Waals surface area contributed by atoms with E-state index in [0.29, 0.717) is 34.6 Å². The molecule has 162 valence electrons. The Morgan fingerprint density at radius 1 is 1.00 bits per heavy atom. The van der Waals surface area contributed by atoms with E-state index in [1.54, 1.807) is 25.3 Å². The SMILES string of the molecule is CCCCOc1ccc(C(=O)C(=Cc2cccc(OC)c2)c2nc3ccccc3o2)cc1. The average Bonchev–Trinajstić information content (AvgIpc) is 3.27. The number of unbranched alkanes of at least 4 members (excludes halogenated alkanes) is 1. The van der Waals surface area contributed by atoms with Crippen LogP contribution < -0.4 is 9.47 Å². The van der Waals surface area contributed by atoms with E-state index in [0.717, 1.165) is 24.2 Å². The van der Waals surface area contributed by atoms with E-state index in [1.807, 2.05) is 60.7 Å². The number of fused-ring (bicyclic) bond motifs is 1. The number of hydrogen-bond donors (Lipinski definition) is 0. The van der Waals surface area contributed by atoms with Crippen molar-refractivity contribution in [3.05, 3.63) is 89.8 Å². The van der Waals surface area contributed by atoms with Gasteiger partial charge in [0.2, 0.25) is 5.89 Å². The molecule has 5 nitrogen and oxygen atoms in total. The van der Waals surface area contributed by atoms with Crippen LogP contribution in [0.25, 0.3) is 22.7 Å². The number of ketones is 1. The second-order valence-corrected chi connectivity index (χ2v) is 7.38. The van der Waals surface area contributed by atoms with Crippen LogP contribution in [0, 0.1) is 0 Å². The van der Waals surface area contributed by atoms with Crippen LogP contribution in [0.4, 0.5) is 0 Å². The van der Waals surface area contributed by atoms with Crippen molar-refractivity contribution in [1.29, 1.82) is 0 Å². The van der Waals surface area contributed by atoms with Crippen LogP contribution in [0.2, 0.25) is 0 Å². The van der Waals surface area contributed by atoms with E-state index >= 15 is 0 Å². The van der Waals surface area contributed by atoms with E-state index in [9.17, 15) is 4.79 Å². The van der Waals surface area contributed by atoms with Crippen LogP contribution in [0.5, 0.6) is 11.5 Å². The number of carbonyl (C=O) groups is 1. The van der Waals surface area contributed by atoms with E-state index in [1.165, 1.54) is 0 Å². The number of nitrogens with zero attached hydrogens (tertiary/aromatic N) is 1. The molecule has 0 aliphatic heterocycles. The lowest BCUT2D eigenvalue weighted by Gasteiger charge is -2.08. The molecule has 5 heteroatoms. The number of allylic oxidation sites excluding steroid dienone is 1. The van der Waals surface area contributed by atoms with Crippen molar-refractivity contribution in [2.75, 3.05) is 13.7 Å². The molecule has 0 unspecified atom stereocenters. The molecule has 0 aliphatic carbocycles. The lowest BCUT2D eigenvalue weighted by molar-refractivity contribution is 0.105. The lowest BCUT2D eigenvalue weighted by atomic mass is 10.0. The van der Waals surface area contributed by atoms with Crippen LogP contribution in [0.15, 0.2) is 77.2 Å². The highest BCUT2D eigenvalue weighted by Crippen LogP contribution is 2.27. The van der Waals surface area contributed by atoms with E-state index in [2.05, 4.69) is 11.9 Å². The van der Waals surface area contributed by atoms with E-state index in [-0.39, 0.29) is 11.7 Å². The minimum absolute atomic E-state index is 0.181. The van der Waals surface area contributed by atoms with Crippen LogP contribution >= 0.6 is 0 Å². The number of methoxy groups -OCH3 is 1. The summed E-state index contributed by atoms with van der Waals surface area (Å²) in [7, 11) is 1.61. The molecular weight excluding hydrogens is 402 g/mol. The normalized spacial score (nSPS) is 11.5. The molecule has 32 heavy (non-hydrogen) atoms. The van der Waals surface area contributed by atoms with Gasteiger partial charge in [-0.1, -0.05) is 37.6 Å². The topological polar surface area (TPSA) is 61.6 Å². The molecule has 4 rings (SSSR count). The molecule has 0 aliphatic rings. The van der Waals surface area contributed by atoms with Gasteiger partial charge < -0.3 is 13.9 Å². The van der Waals surface area contributed by atoms with Gasteiger partial charge in [-0.25, -0.2) is 4.98 Å². The smallest absolute Gasteiger partial charge is 0.231 e. The number of hydrogen-bond acceptors (Lipinski definition) is 5. The number of benzene rings is 3. The summed E-state index contributed by atoms with van der Waals surface area (Å²) in [4.78, 5) is 18.1. The van der Waals surface area contributed by atoms with Crippen molar-refractivity contribution in [3.63, 3.8) is 0 Å². The van der Waals surface area contributed by atoms with E-state index in [4.69, 9.17) is 13.9 Å². The van der Waals surface area contributed by atoms with Crippen LogP contribution in [0.1, 0.15) is 41.6 Å². The van der Waals surface area contributed by atoms with Gasteiger partial charge in [-0.05, 0) is 66.6 Å². The predicted octanol–water partition coefficient (Wildman–Crippen LogP) is 6.44. The van der Waals surface area contributed by atoms with Crippen LogP contribution in [0.3, 0.4) is 0 Å². The number of carbonyl (C=O) groups excluding carboxylic acids is 1. The summed E-state index contributed by atoms with van der Waals surface area (Å²) in [5.41, 5.74) is 3.05. The summed E-state index contributed by atoms with van der Waals surface area (Å²) in [5, 5.41) is 0. The Labute approximate surface area is 187 Å². The first-order valence-corrected chi connectivity index (χ1v) is 10.7. The summed E-state index contributed by atoms with van der Waals surface area (Å²) in [6.45, 7) is 2.78. The molecule has 0 radical (unpaired) electrons. The highest BCUT2D eigenvalue weighted by atomic mass is 16.5. The third-order valence-electron chi connectivity index (χ3n) is 5.06. The molecule has 0 saturated heterocycles. The Bertz CT molecular complexity index is 1210. The number of oxazole rings is 1. The first-order chi connectivity index (χ1) is 15.7. The standard InChI is InChI=1S/C27H25NO4/c1-3-4-16-31-21-14-12-20(13-15-21)26(29)23(18-19-8-7-9-22(17-19)30-2)27-28-24-10-5-6-11-25(24)32-27/h5-15,17-18H,3-4,16H2,1-2H3. The highest BCUT2D eigenvalue weighted by Gasteiger charge is 2.20. The molecule has 4 aromatic rings. The fraction of sp³-hybridized carbons (Fsp3) is 0.185. The van der Waals surface area contributed by atoms with Gasteiger partial charge in [-0.2, -0.15) is 0 Å². The number of aromatic nitrogens is 1. The fourth-order valence-corrected chi connectivity index (χ4v) is 3.30. The maximum Gasteiger partial charge on any atom is 0.231 e. The van der Waals surface area contributed by atoms with Crippen molar-refractivity contribution in [2.45, 2.75) is 19.8 Å². The molecule has 0 saturated carbocycles. The molecule has 0 atom stereocenters. The Balaban J connectivity index is 1.71. The Hall–Kier alpha value is -3.86. The number of rotatable bonds is 9. The van der Waals surface area contributed by atoms with Gasteiger partial charge in [-0.3, -0.25) is 4.79 Å². The van der Waals surface area contributed by atoms with Gasteiger partial charge in [0, 0.05) is 5.56 Å². The second-order valence-electron chi connectivity index (χ2n) is 7.38. The summed E-state index contributed by atoms with van der Waals surface area (Å²) in [6, 6.07) is 22.1. The quantitative estimate of drug-likeness (QED) is 0.175. The molecule has 1 aromatic heterocycles. The Morgan fingerprint density at radius 3 is 2.56 bits per heavy atom. The second kappa shape index (κ2) is 9.96. The van der Waals surface area contributed by atoms with Crippen LogP contribution in [-0.4, -0.2) is 24.5 Å². The minimum atomic E-state index is -0.181. The van der Waals surface area contributed by atoms with Gasteiger partial charge in [0.15, 0.2) is 11.4 Å². The van der Waals surface area contributed by atoms with Crippen molar-refractivity contribution < 1.29 is 18.7 Å². The first-order valence-electron chi connectivity index (χ1n) is 10.7. The van der Waals surface area contributed by atoms with Crippen molar-refractivity contribution in [3.8, 4) is 11.5 Å². The van der Waals surface area contributed by atoms with E-state index < -0.39 is 0 Å². The van der Waals surface area contributed by atoms with Gasteiger partial charge in [0.05, 0.1) is 19.3 Å². The minimum Gasteiger partial charge on any atom is -0.497 e. The molecule has 0 N–H and O–H groups in total. The average molecular weight is 428 g/mol. The third-order valence-corrected chi connectivity index (χ3v) is 5.06. The fourth-order valence-electron chi connectivity index (χ4n) is 3.30. The monoisotopic (exact) mass is 427 g/mol. The van der Waals surface area contributed by atoms with Gasteiger partial charge in [0.1, 0.15) is 17.0 Å². The molecule has 3 aromatic carbocycles. The predicted molar refractivity (Wildman–Crippen MR) is 126 cm³/mol. The largest absolute Gasteiger partial charge is 0.497 e. The summed E-state index contributed by atoms with van der Waals surface area (Å²) in [5.74, 6) is 1.55. The Kier molecular flexibility index (Phi) is 6.66. The van der Waals surface area contributed by atoms with Crippen LogP contribution in [-0.2, 0) is 0 Å². The number of ether oxygens (including phenoxy) is 2. The summed E-state index contributed by atoms with van der Waals surface area (Å²) >= 11 is 0.